The van der Waals surface area contributed by atoms with Crippen molar-refractivity contribution >= 4 is 11.6 Å². The Balaban J connectivity index is 1.75. The molecular formula is C22H22F3N5O3. The first-order valence-electron chi connectivity index (χ1n) is 10.2. The molecule has 3 aromatic rings. The summed E-state index contributed by atoms with van der Waals surface area (Å²) in [4.78, 5) is 23.8. The molecule has 1 aliphatic heterocycles. The number of fused-ring (bicyclic) bond motifs is 1. The molecule has 0 saturated heterocycles. The molecule has 33 heavy (non-hydrogen) atoms. The van der Waals surface area contributed by atoms with Crippen LogP contribution in [0.3, 0.4) is 0 Å². The molecule has 0 aromatic carbocycles. The van der Waals surface area contributed by atoms with Gasteiger partial charge < -0.3 is 9.47 Å². The van der Waals surface area contributed by atoms with Gasteiger partial charge in [0.15, 0.2) is 5.75 Å². The Morgan fingerprint density at radius 3 is 2.55 bits per heavy atom. The zero-order chi connectivity index (χ0) is 23.9. The molecule has 1 unspecified atom stereocenters. The van der Waals surface area contributed by atoms with Gasteiger partial charge in [0.25, 0.3) is 11.8 Å². The highest BCUT2D eigenvalue weighted by Crippen LogP contribution is 2.41. The minimum Gasteiger partial charge on any atom is -0.491 e. The maximum Gasteiger partial charge on any atom is 0.408 e. The summed E-state index contributed by atoms with van der Waals surface area (Å²) in [7, 11) is 3.00. The van der Waals surface area contributed by atoms with Gasteiger partial charge in [-0.1, -0.05) is 6.92 Å². The summed E-state index contributed by atoms with van der Waals surface area (Å²) in [5.41, 5.74) is 3.29. The lowest BCUT2D eigenvalue weighted by Gasteiger charge is -2.22. The second-order valence-electron chi connectivity index (χ2n) is 7.63. The van der Waals surface area contributed by atoms with Crippen LogP contribution in [-0.2, 0) is 6.54 Å². The standard InChI is InChI=1S/C22H22F3N5O3/c1-5-16-19-18(21(31)30(16)14-9-27-29(10-14)11-22(23,24)25)12(2)6-15(28-19)13-7-17(32-3)20(33-4)26-8-13/h6-10,16H,5,11H2,1-4H3. The van der Waals surface area contributed by atoms with Crippen molar-refractivity contribution in [1.29, 1.82) is 0 Å². The Morgan fingerprint density at radius 1 is 1.15 bits per heavy atom. The van der Waals surface area contributed by atoms with Gasteiger partial charge in [0.1, 0.15) is 6.54 Å². The lowest BCUT2D eigenvalue weighted by molar-refractivity contribution is -0.142. The molecule has 0 radical (unpaired) electrons. The number of aromatic nitrogens is 4. The Kier molecular flexibility index (Phi) is 5.73. The average molecular weight is 461 g/mol. The van der Waals surface area contributed by atoms with Crippen LogP contribution in [0, 0.1) is 6.92 Å². The molecule has 8 nitrogen and oxygen atoms in total. The van der Waals surface area contributed by atoms with Crippen molar-refractivity contribution in [2.24, 2.45) is 0 Å². The van der Waals surface area contributed by atoms with E-state index < -0.39 is 18.8 Å². The van der Waals surface area contributed by atoms with Crippen LogP contribution in [-0.4, -0.2) is 46.1 Å². The SMILES string of the molecule is CCC1c2nc(-c3cnc(OC)c(OC)c3)cc(C)c2C(=O)N1c1cnn(CC(F)(F)F)c1. The molecule has 1 aliphatic rings. The van der Waals surface area contributed by atoms with E-state index in [0.29, 0.717) is 51.8 Å². The fourth-order valence-corrected chi connectivity index (χ4v) is 4.04. The summed E-state index contributed by atoms with van der Waals surface area (Å²) in [6.45, 7) is 2.47. The van der Waals surface area contributed by atoms with E-state index in [4.69, 9.17) is 14.5 Å². The number of halogens is 3. The quantitative estimate of drug-likeness (QED) is 0.543. The summed E-state index contributed by atoms with van der Waals surface area (Å²) in [6, 6.07) is 3.09. The predicted octanol–water partition coefficient (Wildman–Crippen LogP) is 4.34. The largest absolute Gasteiger partial charge is 0.491 e. The summed E-state index contributed by atoms with van der Waals surface area (Å²) in [6.07, 6.45) is 0.211. The van der Waals surface area contributed by atoms with E-state index in [2.05, 4.69) is 10.1 Å². The molecule has 3 aromatic heterocycles. The highest BCUT2D eigenvalue weighted by Gasteiger charge is 2.40. The second-order valence-corrected chi connectivity index (χ2v) is 7.63. The minimum atomic E-state index is -4.41. The van der Waals surface area contributed by atoms with Crippen LogP contribution < -0.4 is 14.4 Å². The van der Waals surface area contributed by atoms with E-state index in [1.807, 2.05) is 6.92 Å². The van der Waals surface area contributed by atoms with E-state index in [0.717, 1.165) is 4.68 Å². The number of pyridine rings is 2. The number of ether oxygens (including phenoxy) is 2. The minimum absolute atomic E-state index is 0.294. The van der Waals surface area contributed by atoms with Gasteiger partial charge in [-0.05, 0) is 31.0 Å². The van der Waals surface area contributed by atoms with Crippen LogP contribution in [0.2, 0.25) is 0 Å². The number of methoxy groups -OCH3 is 2. The number of carbonyl (C=O) groups is 1. The molecule has 0 spiro atoms. The van der Waals surface area contributed by atoms with Crippen molar-refractivity contribution in [1.82, 2.24) is 19.7 Å². The van der Waals surface area contributed by atoms with Crippen LogP contribution in [0.1, 0.15) is 41.0 Å². The number of rotatable bonds is 6. The number of hydrogen-bond acceptors (Lipinski definition) is 6. The summed E-state index contributed by atoms with van der Waals surface area (Å²) in [5.74, 6) is 0.463. The van der Waals surface area contributed by atoms with Crippen LogP contribution >= 0.6 is 0 Å². The molecule has 0 saturated carbocycles. The molecule has 174 valence electrons. The number of alkyl halides is 3. The second kappa shape index (κ2) is 8.38. The highest BCUT2D eigenvalue weighted by molar-refractivity contribution is 6.11. The molecule has 0 N–H and O–H groups in total. The van der Waals surface area contributed by atoms with E-state index in [1.165, 1.54) is 31.5 Å². The number of nitrogens with zero attached hydrogens (tertiary/aromatic N) is 5. The normalized spacial score (nSPS) is 15.7. The van der Waals surface area contributed by atoms with Crippen LogP contribution in [0.4, 0.5) is 18.9 Å². The summed E-state index contributed by atoms with van der Waals surface area (Å²) >= 11 is 0. The molecule has 1 atom stereocenters. The molecule has 4 heterocycles. The maximum absolute atomic E-state index is 13.3. The Morgan fingerprint density at radius 2 is 1.91 bits per heavy atom. The smallest absolute Gasteiger partial charge is 0.408 e. The molecule has 0 bridgehead atoms. The number of hydrogen-bond donors (Lipinski definition) is 0. The van der Waals surface area contributed by atoms with Crippen LogP contribution in [0.15, 0.2) is 30.7 Å². The molecule has 4 rings (SSSR count). The van der Waals surface area contributed by atoms with E-state index >= 15 is 0 Å². The molecular weight excluding hydrogens is 439 g/mol. The first-order valence-corrected chi connectivity index (χ1v) is 10.2. The number of aryl methyl sites for hydroxylation is 1. The predicted molar refractivity (Wildman–Crippen MR) is 113 cm³/mol. The van der Waals surface area contributed by atoms with Gasteiger partial charge >= 0.3 is 6.18 Å². The monoisotopic (exact) mass is 461 g/mol. The van der Waals surface area contributed by atoms with Crippen molar-refractivity contribution in [3.8, 4) is 22.9 Å². The Labute approximate surface area is 188 Å². The third kappa shape index (κ3) is 4.10. The third-order valence-corrected chi connectivity index (χ3v) is 5.46. The Bertz CT molecular complexity index is 1210. The van der Waals surface area contributed by atoms with E-state index in [1.54, 1.807) is 25.3 Å². The summed E-state index contributed by atoms with van der Waals surface area (Å²) < 4.78 is 49.5. The van der Waals surface area contributed by atoms with Gasteiger partial charge in [0.05, 0.1) is 49.1 Å². The zero-order valence-corrected chi connectivity index (χ0v) is 18.5. The van der Waals surface area contributed by atoms with Crippen LogP contribution in [0.25, 0.3) is 11.3 Å². The van der Waals surface area contributed by atoms with Crippen LogP contribution in [0.5, 0.6) is 11.6 Å². The first kappa shape index (κ1) is 22.6. The highest BCUT2D eigenvalue weighted by atomic mass is 19.4. The molecule has 11 heteroatoms. The molecule has 1 amide bonds. The number of anilines is 1. The number of carbonyl (C=O) groups excluding carboxylic acids is 1. The van der Waals surface area contributed by atoms with Crippen molar-refractivity contribution in [3.63, 3.8) is 0 Å². The van der Waals surface area contributed by atoms with Gasteiger partial charge in [-0.25, -0.2) is 9.97 Å². The first-order chi connectivity index (χ1) is 15.7. The number of amides is 1. The van der Waals surface area contributed by atoms with E-state index in [-0.39, 0.29) is 5.91 Å². The fourth-order valence-electron chi connectivity index (χ4n) is 4.04. The molecule has 0 aliphatic carbocycles. The lowest BCUT2D eigenvalue weighted by Crippen LogP contribution is -2.27. The topological polar surface area (TPSA) is 82.4 Å². The lowest BCUT2D eigenvalue weighted by atomic mass is 10.0. The Hall–Kier alpha value is -3.63. The fraction of sp³-hybridized carbons (Fsp3) is 0.364. The zero-order valence-electron chi connectivity index (χ0n) is 18.5. The van der Waals surface area contributed by atoms with Gasteiger partial charge in [-0.3, -0.25) is 14.4 Å². The van der Waals surface area contributed by atoms with Gasteiger partial charge in [-0.2, -0.15) is 18.3 Å². The van der Waals surface area contributed by atoms with Gasteiger partial charge in [-0.15, -0.1) is 0 Å². The van der Waals surface area contributed by atoms with Crippen molar-refractivity contribution in [2.75, 3.05) is 19.1 Å². The van der Waals surface area contributed by atoms with Crippen molar-refractivity contribution in [3.05, 3.63) is 47.5 Å². The van der Waals surface area contributed by atoms with Crippen molar-refractivity contribution in [2.45, 2.75) is 39.0 Å². The average Bonchev–Trinajstić information content (AvgIpc) is 3.33. The van der Waals surface area contributed by atoms with E-state index in [9.17, 15) is 18.0 Å². The van der Waals surface area contributed by atoms with Gasteiger partial charge in [0.2, 0.25) is 0 Å². The summed E-state index contributed by atoms with van der Waals surface area (Å²) in [5, 5.41) is 3.78. The van der Waals surface area contributed by atoms with Crippen molar-refractivity contribution < 1.29 is 27.4 Å². The molecule has 0 fully saturated rings. The van der Waals surface area contributed by atoms with Gasteiger partial charge in [0, 0.05) is 18.0 Å². The third-order valence-electron chi connectivity index (χ3n) is 5.46. The maximum atomic E-state index is 13.3.